The number of nitrogens with zero attached hydrogens (tertiary/aromatic N) is 1. The molecule has 2 N–H and O–H groups in total. The van der Waals surface area contributed by atoms with Gasteiger partial charge in [0.05, 0.1) is 4.92 Å². The third-order valence-corrected chi connectivity index (χ3v) is 2.24. The van der Waals surface area contributed by atoms with E-state index in [1.165, 1.54) is 24.3 Å². The van der Waals surface area contributed by atoms with E-state index in [9.17, 15) is 14.9 Å². The standard InChI is InChI=1S/C8H8N2O3S/c9-8(11)7(14)5-1-3-6(4-2-5)10(12)13/h1-4,7,14H,(H2,9,11). The average Bonchev–Trinajstić information content (AvgIpc) is 2.16. The summed E-state index contributed by atoms with van der Waals surface area (Å²) in [7, 11) is 0. The van der Waals surface area contributed by atoms with E-state index in [-0.39, 0.29) is 5.69 Å². The monoisotopic (exact) mass is 212 g/mol. The molecule has 1 unspecified atom stereocenters. The van der Waals surface area contributed by atoms with Crippen LogP contribution in [0.3, 0.4) is 0 Å². The van der Waals surface area contributed by atoms with Crippen LogP contribution in [-0.4, -0.2) is 10.8 Å². The number of hydrogen-bond acceptors (Lipinski definition) is 4. The summed E-state index contributed by atoms with van der Waals surface area (Å²) in [5.74, 6) is -0.581. The van der Waals surface area contributed by atoms with Crippen molar-refractivity contribution >= 4 is 24.2 Å². The minimum absolute atomic E-state index is 0.0289. The fourth-order valence-corrected chi connectivity index (χ4v) is 1.11. The Kier molecular flexibility index (Phi) is 3.08. The molecular weight excluding hydrogens is 204 g/mol. The lowest BCUT2D eigenvalue weighted by molar-refractivity contribution is -0.384. The highest BCUT2D eigenvalue weighted by molar-refractivity contribution is 7.81. The van der Waals surface area contributed by atoms with Gasteiger partial charge in [0.2, 0.25) is 5.91 Å². The number of hydrogen-bond donors (Lipinski definition) is 2. The molecule has 5 nitrogen and oxygen atoms in total. The van der Waals surface area contributed by atoms with Gasteiger partial charge in [-0.1, -0.05) is 12.1 Å². The van der Waals surface area contributed by atoms with Gasteiger partial charge in [-0.05, 0) is 5.56 Å². The lowest BCUT2D eigenvalue weighted by atomic mass is 10.1. The molecule has 14 heavy (non-hydrogen) atoms. The Morgan fingerprint density at radius 2 is 1.93 bits per heavy atom. The molecule has 0 aliphatic rings. The summed E-state index contributed by atoms with van der Waals surface area (Å²) in [6, 6.07) is 5.53. The SMILES string of the molecule is NC(=O)C(S)c1ccc([N+](=O)[O-])cc1. The van der Waals surface area contributed by atoms with Gasteiger partial charge < -0.3 is 5.73 Å². The highest BCUT2D eigenvalue weighted by Gasteiger charge is 2.13. The number of carbonyl (C=O) groups is 1. The Hall–Kier alpha value is -1.56. The van der Waals surface area contributed by atoms with Crippen LogP contribution in [-0.2, 0) is 4.79 Å². The van der Waals surface area contributed by atoms with Crippen molar-refractivity contribution in [1.82, 2.24) is 0 Å². The second-order valence-electron chi connectivity index (χ2n) is 2.65. The average molecular weight is 212 g/mol. The zero-order valence-electron chi connectivity index (χ0n) is 7.08. The van der Waals surface area contributed by atoms with E-state index in [2.05, 4.69) is 12.6 Å². The number of amides is 1. The van der Waals surface area contributed by atoms with Crippen LogP contribution in [0.5, 0.6) is 0 Å². The normalized spacial score (nSPS) is 12.1. The minimum atomic E-state index is -0.726. The molecule has 1 aromatic carbocycles. The van der Waals surface area contributed by atoms with Gasteiger partial charge in [0, 0.05) is 12.1 Å². The fourth-order valence-electron chi connectivity index (χ4n) is 0.943. The number of thiol groups is 1. The van der Waals surface area contributed by atoms with Crippen LogP contribution in [0.4, 0.5) is 5.69 Å². The quantitative estimate of drug-likeness (QED) is 0.446. The van der Waals surface area contributed by atoms with Gasteiger partial charge in [-0.3, -0.25) is 14.9 Å². The predicted octanol–water partition coefficient (Wildman–Crippen LogP) is 1.05. The maximum Gasteiger partial charge on any atom is 0.269 e. The Balaban J connectivity index is 2.94. The van der Waals surface area contributed by atoms with E-state index in [4.69, 9.17) is 5.73 Å². The number of carbonyl (C=O) groups excluding carboxylic acids is 1. The molecule has 1 amide bonds. The van der Waals surface area contributed by atoms with Crippen LogP contribution in [0.25, 0.3) is 0 Å². The Labute approximate surface area is 85.5 Å². The van der Waals surface area contributed by atoms with Crippen LogP contribution in [0.1, 0.15) is 10.8 Å². The molecule has 0 aliphatic carbocycles. The number of nitro benzene ring substituents is 1. The molecule has 0 radical (unpaired) electrons. The van der Waals surface area contributed by atoms with Crippen LogP contribution in [0.15, 0.2) is 24.3 Å². The molecule has 1 rings (SSSR count). The molecule has 0 bridgehead atoms. The van der Waals surface area contributed by atoms with E-state index in [0.29, 0.717) is 5.56 Å². The van der Waals surface area contributed by atoms with Crippen molar-refractivity contribution in [3.8, 4) is 0 Å². The summed E-state index contributed by atoms with van der Waals surface area (Å²) in [5.41, 5.74) is 5.54. The number of primary amides is 1. The third kappa shape index (κ3) is 2.23. The van der Waals surface area contributed by atoms with Crippen LogP contribution in [0, 0.1) is 10.1 Å². The van der Waals surface area contributed by atoms with Gasteiger partial charge in [-0.25, -0.2) is 0 Å². The van der Waals surface area contributed by atoms with Gasteiger partial charge in [0.1, 0.15) is 5.25 Å². The topological polar surface area (TPSA) is 86.2 Å². The minimum Gasteiger partial charge on any atom is -0.368 e. The smallest absolute Gasteiger partial charge is 0.269 e. The third-order valence-electron chi connectivity index (χ3n) is 1.69. The van der Waals surface area contributed by atoms with Crippen molar-refractivity contribution in [2.75, 3.05) is 0 Å². The first kappa shape index (κ1) is 10.5. The van der Waals surface area contributed by atoms with E-state index < -0.39 is 16.1 Å². The van der Waals surface area contributed by atoms with Gasteiger partial charge in [0.25, 0.3) is 5.69 Å². The summed E-state index contributed by atoms with van der Waals surface area (Å²) in [6.07, 6.45) is 0. The van der Waals surface area contributed by atoms with Crippen molar-refractivity contribution in [3.63, 3.8) is 0 Å². The summed E-state index contributed by atoms with van der Waals surface area (Å²) < 4.78 is 0. The highest BCUT2D eigenvalue weighted by Crippen LogP contribution is 2.21. The molecule has 74 valence electrons. The number of non-ortho nitro benzene ring substituents is 1. The molecule has 0 saturated heterocycles. The Morgan fingerprint density at radius 3 is 2.29 bits per heavy atom. The lowest BCUT2D eigenvalue weighted by Gasteiger charge is -2.05. The summed E-state index contributed by atoms with van der Waals surface area (Å²) in [6.45, 7) is 0. The fraction of sp³-hybridized carbons (Fsp3) is 0.125. The number of benzene rings is 1. The molecular formula is C8H8N2O3S. The van der Waals surface area contributed by atoms with E-state index in [1.807, 2.05) is 0 Å². The molecule has 0 spiro atoms. The van der Waals surface area contributed by atoms with Gasteiger partial charge in [-0.2, -0.15) is 12.6 Å². The molecule has 0 heterocycles. The lowest BCUT2D eigenvalue weighted by Crippen LogP contribution is -2.16. The van der Waals surface area contributed by atoms with E-state index in [1.54, 1.807) is 0 Å². The molecule has 0 aliphatic heterocycles. The van der Waals surface area contributed by atoms with Gasteiger partial charge in [0.15, 0.2) is 0 Å². The molecule has 0 fully saturated rings. The van der Waals surface area contributed by atoms with E-state index in [0.717, 1.165) is 0 Å². The van der Waals surface area contributed by atoms with Gasteiger partial charge in [-0.15, -0.1) is 0 Å². The summed E-state index contributed by atoms with van der Waals surface area (Å²) in [5, 5.41) is 9.58. The highest BCUT2D eigenvalue weighted by atomic mass is 32.1. The van der Waals surface area contributed by atoms with Crippen LogP contribution >= 0.6 is 12.6 Å². The van der Waals surface area contributed by atoms with Crippen molar-refractivity contribution in [2.24, 2.45) is 5.73 Å². The molecule has 6 heteroatoms. The number of nitro groups is 1. The Bertz CT molecular complexity index is 363. The zero-order valence-corrected chi connectivity index (χ0v) is 7.98. The number of nitrogens with two attached hydrogens (primary N) is 1. The molecule has 0 saturated carbocycles. The van der Waals surface area contributed by atoms with Crippen molar-refractivity contribution < 1.29 is 9.72 Å². The van der Waals surface area contributed by atoms with E-state index >= 15 is 0 Å². The molecule has 0 aromatic heterocycles. The van der Waals surface area contributed by atoms with Crippen molar-refractivity contribution in [3.05, 3.63) is 39.9 Å². The first-order valence-corrected chi connectivity index (χ1v) is 4.25. The van der Waals surface area contributed by atoms with Crippen LogP contribution < -0.4 is 5.73 Å². The van der Waals surface area contributed by atoms with Crippen molar-refractivity contribution in [2.45, 2.75) is 5.25 Å². The van der Waals surface area contributed by atoms with Gasteiger partial charge >= 0.3 is 0 Å². The summed E-state index contributed by atoms with van der Waals surface area (Å²) >= 11 is 3.96. The Morgan fingerprint density at radius 1 is 1.43 bits per heavy atom. The number of rotatable bonds is 3. The zero-order chi connectivity index (χ0) is 10.7. The first-order chi connectivity index (χ1) is 6.52. The maximum absolute atomic E-state index is 10.7. The van der Waals surface area contributed by atoms with Crippen LogP contribution in [0.2, 0.25) is 0 Å². The molecule has 1 atom stereocenters. The largest absolute Gasteiger partial charge is 0.368 e. The second-order valence-corrected chi connectivity index (χ2v) is 3.17. The maximum atomic E-state index is 10.7. The predicted molar refractivity (Wildman–Crippen MR) is 54.0 cm³/mol. The summed E-state index contributed by atoms with van der Waals surface area (Å²) in [4.78, 5) is 20.5. The van der Waals surface area contributed by atoms with Crippen molar-refractivity contribution in [1.29, 1.82) is 0 Å². The first-order valence-electron chi connectivity index (χ1n) is 3.74. The molecule has 1 aromatic rings. The second kappa shape index (κ2) is 4.10.